The van der Waals surface area contributed by atoms with Crippen molar-refractivity contribution < 1.29 is 9.21 Å². The maximum Gasteiger partial charge on any atom is 0.419 e. The van der Waals surface area contributed by atoms with E-state index in [1.165, 1.54) is 0 Å². The van der Waals surface area contributed by atoms with E-state index < -0.39 is 0 Å². The molecule has 0 amide bonds. The quantitative estimate of drug-likeness (QED) is 0.789. The summed E-state index contributed by atoms with van der Waals surface area (Å²) in [5, 5.41) is 0. The summed E-state index contributed by atoms with van der Waals surface area (Å²) < 4.78 is 6.65. The van der Waals surface area contributed by atoms with Gasteiger partial charge in [0.05, 0.1) is 5.52 Å². The lowest BCUT2D eigenvalue weighted by atomic mass is 10.2. The highest BCUT2D eigenvalue weighted by Crippen LogP contribution is 2.12. The highest BCUT2D eigenvalue weighted by atomic mass is 16.4. The Bertz CT molecular complexity index is 565. The SMILES string of the molecule is CC(=O)CCCn1c(=O)oc2ccccc21. The Morgan fingerprint density at radius 3 is 2.88 bits per heavy atom. The summed E-state index contributed by atoms with van der Waals surface area (Å²) in [4.78, 5) is 22.3. The molecule has 1 heterocycles. The van der Waals surface area contributed by atoms with E-state index in [1.807, 2.05) is 18.2 Å². The van der Waals surface area contributed by atoms with E-state index in [0.29, 0.717) is 25.0 Å². The minimum Gasteiger partial charge on any atom is -0.408 e. The molecule has 2 rings (SSSR count). The highest BCUT2D eigenvalue weighted by molar-refractivity contribution is 5.75. The fourth-order valence-corrected chi connectivity index (χ4v) is 1.71. The minimum absolute atomic E-state index is 0.140. The minimum atomic E-state index is -0.357. The molecular formula is C12H13NO3. The summed E-state index contributed by atoms with van der Waals surface area (Å²) in [6.07, 6.45) is 1.16. The Morgan fingerprint density at radius 2 is 2.12 bits per heavy atom. The van der Waals surface area contributed by atoms with E-state index in [1.54, 1.807) is 17.6 Å². The van der Waals surface area contributed by atoms with Crippen molar-refractivity contribution in [3.8, 4) is 0 Å². The van der Waals surface area contributed by atoms with E-state index in [9.17, 15) is 9.59 Å². The zero-order valence-corrected chi connectivity index (χ0v) is 9.10. The molecule has 0 aliphatic carbocycles. The normalized spacial score (nSPS) is 10.8. The topological polar surface area (TPSA) is 52.2 Å². The molecule has 16 heavy (non-hydrogen) atoms. The predicted molar refractivity (Wildman–Crippen MR) is 60.4 cm³/mol. The number of benzene rings is 1. The van der Waals surface area contributed by atoms with Crippen molar-refractivity contribution in [3.63, 3.8) is 0 Å². The van der Waals surface area contributed by atoms with Crippen LogP contribution in [0.3, 0.4) is 0 Å². The van der Waals surface area contributed by atoms with Crippen LogP contribution in [0.1, 0.15) is 19.8 Å². The molecule has 0 fully saturated rings. The maximum absolute atomic E-state index is 11.5. The van der Waals surface area contributed by atoms with Crippen LogP contribution in [0.5, 0.6) is 0 Å². The van der Waals surface area contributed by atoms with Gasteiger partial charge in [0.1, 0.15) is 5.78 Å². The van der Waals surface area contributed by atoms with E-state index >= 15 is 0 Å². The summed E-state index contributed by atoms with van der Waals surface area (Å²) in [6, 6.07) is 7.29. The van der Waals surface area contributed by atoms with E-state index in [2.05, 4.69) is 0 Å². The molecule has 1 aromatic heterocycles. The lowest BCUT2D eigenvalue weighted by molar-refractivity contribution is -0.117. The number of fused-ring (bicyclic) bond motifs is 1. The van der Waals surface area contributed by atoms with Crippen molar-refractivity contribution >= 4 is 16.9 Å². The van der Waals surface area contributed by atoms with Crippen molar-refractivity contribution in [2.75, 3.05) is 0 Å². The molecule has 0 saturated carbocycles. The zero-order valence-electron chi connectivity index (χ0n) is 9.10. The Morgan fingerprint density at radius 1 is 1.38 bits per heavy atom. The van der Waals surface area contributed by atoms with Crippen LogP contribution in [0.25, 0.3) is 11.1 Å². The molecule has 2 aromatic rings. The van der Waals surface area contributed by atoms with Gasteiger partial charge in [-0.25, -0.2) is 4.79 Å². The van der Waals surface area contributed by atoms with Crippen LogP contribution in [0.15, 0.2) is 33.5 Å². The Kier molecular flexibility index (Phi) is 2.90. The third kappa shape index (κ3) is 2.05. The smallest absolute Gasteiger partial charge is 0.408 e. The Balaban J connectivity index is 2.26. The van der Waals surface area contributed by atoms with E-state index in [4.69, 9.17) is 4.42 Å². The molecule has 0 unspecified atom stereocenters. The number of para-hydroxylation sites is 2. The lowest BCUT2D eigenvalue weighted by Crippen LogP contribution is -2.14. The van der Waals surface area contributed by atoms with Gasteiger partial charge >= 0.3 is 5.76 Å². The van der Waals surface area contributed by atoms with Gasteiger partial charge in [-0.15, -0.1) is 0 Å². The largest absolute Gasteiger partial charge is 0.419 e. The second kappa shape index (κ2) is 4.35. The zero-order chi connectivity index (χ0) is 11.5. The molecule has 0 N–H and O–H groups in total. The van der Waals surface area contributed by atoms with Gasteiger partial charge in [0.25, 0.3) is 0 Å². The maximum atomic E-state index is 11.5. The first-order valence-corrected chi connectivity index (χ1v) is 5.26. The first kappa shape index (κ1) is 10.7. The summed E-state index contributed by atoms with van der Waals surface area (Å²) in [6.45, 7) is 2.08. The fourth-order valence-electron chi connectivity index (χ4n) is 1.71. The van der Waals surface area contributed by atoms with Gasteiger partial charge in [0, 0.05) is 13.0 Å². The van der Waals surface area contributed by atoms with Crippen LogP contribution in [-0.4, -0.2) is 10.4 Å². The average Bonchev–Trinajstić information content (AvgIpc) is 2.55. The lowest BCUT2D eigenvalue weighted by Gasteiger charge is -1.99. The molecule has 84 valence electrons. The van der Waals surface area contributed by atoms with Crippen LogP contribution < -0.4 is 5.76 Å². The van der Waals surface area contributed by atoms with Gasteiger partial charge in [0.2, 0.25) is 0 Å². The summed E-state index contributed by atoms with van der Waals surface area (Å²) in [5.74, 6) is -0.217. The first-order valence-electron chi connectivity index (χ1n) is 5.26. The van der Waals surface area contributed by atoms with Gasteiger partial charge in [-0.3, -0.25) is 4.57 Å². The van der Waals surface area contributed by atoms with Crippen LogP contribution in [0.4, 0.5) is 0 Å². The molecule has 0 saturated heterocycles. The third-order valence-electron chi connectivity index (χ3n) is 2.48. The van der Waals surface area contributed by atoms with Crippen LogP contribution >= 0.6 is 0 Å². The van der Waals surface area contributed by atoms with Gasteiger partial charge < -0.3 is 9.21 Å². The van der Waals surface area contributed by atoms with Crippen molar-refractivity contribution in [2.45, 2.75) is 26.3 Å². The number of Topliss-reactive ketones (excluding diaryl/α,β-unsaturated/α-hetero) is 1. The number of hydrogen-bond donors (Lipinski definition) is 0. The van der Waals surface area contributed by atoms with Crippen molar-refractivity contribution in [2.24, 2.45) is 0 Å². The number of carbonyl (C=O) groups excluding carboxylic acids is 1. The first-order chi connectivity index (χ1) is 7.68. The Labute approximate surface area is 92.5 Å². The molecule has 0 spiro atoms. The Hall–Kier alpha value is -1.84. The van der Waals surface area contributed by atoms with Crippen LogP contribution in [0.2, 0.25) is 0 Å². The second-order valence-corrected chi connectivity index (χ2v) is 3.79. The predicted octanol–water partition coefficient (Wildman–Crippen LogP) is 1.96. The molecular weight excluding hydrogens is 206 g/mol. The molecule has 0 bridgehead atoms. The van der Waals surface area contributed by atoms with Crippen molar-refractivity contribution in [1.29, 1.82) is 0 Å². The third-order valence-corrected chi connectivity index (χ3v) is 2.48. The second-order valence-electron chi connectivity index (χ2n) is 3.79. The molecule has 0 aliphatic rings. The molecule has 0 radical (unpaired) electrons. The fraction of sp³-hybridized carbons (Fsp3) is 0.333. The van der Waals surface area contributed by atoms with Crippen LogP contribution in [0, 0.1) is 0 Å². The summed E-state index contributed by atoms with van der Waals surface area (Å²) >= 11 is 0. The van der Waals surface area contributed by atoms with E-state index in [-0.39, 0.29) is 11.5 Å². The average molecular weight is 219 g/mol. The molecule has 0 aliphatic heterocycles. The monoisotopic (exact) mass is 219 g/mol. The van der Waals surface area contributed by atoms with Crippen molar-refractivity contribution in [1.82, 2.24) is 4.57 Å². The number of nitrogens with zero attached hydrogens (tertiary/aromatic N) is 1. The highest BCUT2D eigenvalue weighted by Gasteiger charge is 2.07. The number of carbonyl (C=O) groups is 1. The number of aryl methyl sites for hydroxylation is 1. The number of rotatable bonds is 4. The number of aromatic nitrogens is 1. The molecule has 4 heteroatoms. The number of oxazole rings is 1. The van der Waals surface area contributed by atoms with Gasteiger partial charge in [-0.1, -0.05) is 12.1 Å². The summed E-state index contributed by atoms with van der Waals surface area (Å²) in [5.41, 5.74) is 1.38. The van der Waals surface area contributed by atoms with E-state index in [0.717, 1.165) is 5.52 Å². The summed E-state index contributed by atoms with van der Waals surface area (Å²) in [7, 11) is 0. The van der Waals surface area contributed by atoms with Gasteiger partial charge in [0.15, 0.2) is 5.58 Å². The molecule has 1 aromatic carbocycles. The van der Waals surface area contributed by atoms with Gasteiger partial charge in [-0.05, 0) is 25.5 Å². The standard InChI is InChI=1S/C12H13NO3/c1-9(14)5-4-8-13-10-6-2-3-7-11(10)16-12(13)15/h2-3,6-7H,4-5,8H2,1H3. The van der Waals surface area contributed by atoms with Gasteiger partial charge in [-0.2, -0.15) is 0 Å². The molecule has 4 nitrogen and oxygen atoms in total. The number of ketones is 1. The number of hydrogen-bond acceptors (Lipinski definition) is 3. The van der Waals surface area contributed by atoms with Crippen LogP contribution in [-0.2, 0) is 11.3 Å². The molecule has 0 atom stereocenters. The van der Waals surface area contributed by atoms with Crippen molar-refractivity contribution in [3.05, 3.63) is 34.8 Å².